The zero-order valence-electron chi connectivity index (χ0n) is 12.9. The van der Waals surface area contributed by atoms with Crippen LogP contribution in [0.2, 0.25) is 0 Å². The maximum Gasteiger partial charge on any atom is 0.509 e. The van der Waals surface area contributed by atoms with Gasteiger partial charge in [0.1, 0.15) is 12.0 Å². The van der Waals surface area contributed by atoms with Crippen molar-refractivity contribution >= 4 is 0 Å². The Bertz CT molecular complexity index is 535. The second-order valence-electron chi connectivity index (χ2n) is 7.13. The van der Waals surface area contributed by atoms with Gasteiger partial charge < -0.3 is 0 Å². The first-order chi connectivity index (χ1) is 10.2. The van der Waals surface area contributed by atoms with E-state index in [-0.39, 0.29) is 0 Å². The van der Waals surface area contributed by atoms with Crippen molar-refractivity contribution in [2.24, 2.45) is 17.3 Å². The summed E-state index contributed by atoms with van der Waals surface area (Å²) in [5.74, 6) is 0.934. The normalized spacial score (nSPS) is 32.6. The van der Waals surface area contributed by atoms with Crippen LogP contribution in [0, 0.1) is 30.4 Å². The Balaban J connectivity index is 2.04. The largest absolute Gasteiger partial charge is 0.509 e. The summed E-state index contributed by atoms with van der Waals surface area (Å²) < 4.78 is 0. The fraction of sp³-hybridized carbons (Fsp3) is 0.684. The van der Waals surface area contributed by atoms with Crippen LogP contribution in [0.3, 0.4) is 0 Å². The number of hydrogen-bond donors (Lipinski definition) is 0. The number of rotatable bonds is 1. The molecule has 0 aliphatic heterocycles. The molecule has 0 amide bonds. The molecule has 0 unspecified atom stereocenters. The fourth-order valence-electron chi connectivity index (χ4n) is 4.84. The maximum atomic E-state index is 7.63. The van der Waals surface area contributed by atoms with Gasteiger partial charge in [-0.1, -0.05) is 38.0 Å². The van der Waals surface area contributed by atoms with Crippen molar-refractivity contribution in [2.45, 2.75) is 64.0 Å². The van der Waals surface area contributed by atoms with Gasteiger partial charge in [-0.2, -0.15) is 0 Å². The van der Waals surface area contributed by atoms with Crippen LogP contribution in [0.25, 0.3) is 9.69 Å². The van der Waals surface area contributed by atoms with Gasteiger partial charge in [-0.25, -0.2) is 22.8 Å². The van der Waals surface area contributed by atoms with Gasteiger partial charge in [-0.15, -0.1) is 0 Å². The van der Waals surface area contributed by atoms with Crippen molar-refractivity contribution in [2.75, 3.05) is 0 Å². The van der Waals surface area contributed by atoms with E-state index in [4.69, 9.17) is 13.1 Å². The first-order valence-corrected chi connectivity index (χ1v) is 8.33. The van der Waals surface area contributed by atoms with Gasteiger partial charge in [0.2, 0.25) is 0 Å². The average Bonchev–Trinajstić information content (AvgIpc) is 2.90. The van der Waals surface area contributed by atoms with Crippen LogP contribution in [0.4, 0.5) is 0 Å². The molecular formula is C19H24N2. The van der Waals surface area contributed by atoms with Gasteiger partial charge in [-0.05, 0) is 43.4 Å². The summed E-state index contributed by atoms with van der Waals surface area (Å²) in [6, 6.07) is 0. The van der Waals surface area contributed by atoms with Crippen LogP contribution in [0.1, 0.15) is 58.3 Å². The Morgan fingerprint density at radius 2 is 1.90 bits per heavy atom. The van der Waals surface area contributed by atoms with E-state index < -0.39 is 5.66 Å². The van der Waals surface area contributed by atoms with Crippen molar-refractivity contribution < 1.29 is 0 Å². The average molecular weight is 280 g/mol. The second-order valence-corrected chi connectivity index (χ2v) is 7.13. The van der Waals surface area contributed by atoms with Crippen molar-refractivity contribution in [3.8, 4) is 0 Å². The van der Waals surface area contributed by atoms with Crippen LogP contribution in [0.5, 0.6) is 0 Å². The third kappa shape index (κ3) is 2.22. The third-order valence-electron chi connectivity index (χ3n) is 6.08. The monoisotopic (exact) mass is 280 g/mol. The molecule has 2 nitrogen and oxygen atoms in total. The quantitative estimate of drug-likeness (QED) is 0.449. The molecule has 0 aromatic rings. The SMILES string of the molecule is [C-]#[N+]C1([N+]#[C-])CC=C[C@@H](CC)[C@@H]2CC3(CC=C21)CCCC3. The molecule has 0 radical (unpaired) electrons. The van der Waals surface area contributed by atoms with Crippen LogP contribution in [-0.4, -0.2) is 5.66 Å². The van der Waals surface area contributed by atoms with Crippen molar-refractivity contribution in [1.29, 1.82) is 0 Å². The highest BCUT2D eigenvalue weighted by Crippen LogP contribution is 2.55. The van der Waals surface area contributed by atoms with Crippen LogP contribution < -0.4 is 0 Å². The van der Waals surface area contributed by atoms with Crippen LogP contribution in [0.15, 0.2) is 23.8 Å². The zero-order valence-corrected chi connectivity index (χ0v) is 12.9. The van der Waals surface area contributed by atoms with E-state index in [1.165, 1.54) is 32.1 Å². The van der Waals surface area contributed by atoms with E-state index >= 15 is 0 Å². The molecule has 3 rings (SSSR count). The van der Waals surface area contributed by atoms with Gasteiger partial charge in [0, 0.05) is 5.92 Å². The Morgan fingerprint density at radius 1 is 1.19 bits per heavy atom. The molecule has 0 saturated heterocycles. The van der Waals surface area contributed by atoms with Crippen molar-refractivity contribution in [1.82, 2.24) is 0 Å². The topological polar surface area (TPSA) is 8.72 Å². The Morgan fingerprint density at radius 3 is 2.52 bits per heavy atom. The molecule has 21 heavy (non-hydrogen) atoms. The number of allylic oxidation sites excluding steroid dienone is 2. The molecule has 1 saturated carbocycles. The van der Waals surface area contributed by atoms with E-state index in [2.05, 4.69) is 34.8 Å². The highest BCUT2D eigenvalue weighted by atomic mass is 15.0. The van der Waals surface area contributed by atoms with Gasteiger partial charge in [0.05, 0.1) is 0 Å². The number of hydrogen-bond acceptors (Lipinski definition) is 0. The molecule has 3 aliphatic carbocycles. The molecule has 2 heteroatoms. The zero-order chi connectivity index (χ0) is 14.9. The summed E-state index contributed by atoms with van der Waals surface area (Å²) in [5.41, 5.74) is 0.697. The van der Waals surface area contributed by atoms with Gasteiger partial charge in [-0.3, -0.25) is 0 Å². The molecule has 0 heterocycles. The van der Waals surface area contributed by atoms with Crippen LogP contribution >= 0.6 is 0 Å². The van der Waals surface area contributed by atoms with Gasteiger partial charge in [0.25, 0.3) is 0 Å². The van der Waals surface area contributed by atoms with E-state index in [0.29, 0.717) is 23.7 Å². The van der Waals surface area contributed by atoms with E-state index in [1.807, 2.05) is 0 Å². The standard InChI is InChI=1S/C19H24N2/c1-4-15-8-7-12-19(20-2,21-3)17-9-13-18(14-16(15)17)10-5-6-11-18/h7-9,15-16H,4-6,10-14H2,1H3/t15-,16+/m1/s1. The van der Waals surface area contributed by atoms with E-state index in [0.717, 1.165) is 18.4 Å². The Labute approximate surface area is 128 Å². The van der Waals surface area contributed by atoms with E-state index in [1.54, 1.807) is 0 Å². The molecule has 1 fully saturated rings. The summed E-state index contributed by atoms with van der Waals surface area (Å²) in [6.07, 6.45) is 16.1. The van der Waals surface area contributed by atoms with E-state index in [9.17, 15) is 0 Å². The molecule has 0 aromatic carbocycles. The summed E-state index contributed by atoms with van der Waals surface area (Å²) in [4.78, 5) is 7.60. The highest BCUT2D eigenvalue weighted by molar-refractivity contribution is 5.38. The van der Waals surface area contributed by atoms with Gasteiger partial charge >= 0.3 is 5.66 Å². The maximum absolute atomic E-state index is 7.63. The molecule has 0 bridgehead atoms. The second kappa shape index (κ2) is 5.34. The molecule has 0 N–H and O–H groups in total. The summed E-state index contributed by atoms with van der Waals surface area (Å²) in [7, 11) is 0. The predicted octanol–water partition coefficient (Wildman–Crippen LogP) is 5.40. The first kappa shape index (κ1) is 14.4. The fourth-order valence-corrected chi connectivity index (χ4v) is 4.84. The van der Waals surface area contributed by atoms with Crippen molar-refractivity contribution in [3.05, 3.63) is 46.6 Å². The highest BCUT2D eigenvalue weighted by Gasteiger charge is 2.56. The number of nitrogens with zero attached hydrogens (tertiary/aromatic N) is 2. The molecule has 2 atom stereocenters. The molecular weight excluding hydrogens is 256 g/mol. The molecule has 110 valence electrons. The lowest BCUT2D eigenvalue weighted by Gasteiger charge is -2.39. The van der Waals surface area contributed by atoms with Crippen LogP contribution in [-0.2, 0) is 0 Å². The lowest BCUT2D eigenvalue weighted by Crippen LogP contribution is -2.36. The van der Waals surface area contributed by atoms with Crippen molar-refractivity contribution in [3.63, 3.8) is 0 Å². The lowest BCUT2D eigenvalue weighted by molar-refractivity contribution is 0.188. The minimum atomic E-state index is -0.939. The Kier molecular flexibility index (Phi) is 3.66. The number of fused-ring (bicyclic) bond motifs is 1. The minimum absolute atomic E-state index is 0.420. The minimum Gasteiger partial charge on any atom is -0.226 e. The summed E-state index contributed by atoms with van der Waals surface area (Å²) in [6.45, 7) is 17.5. The van der Waals surface area contributed by atoms with Gasteiger partial charge in [0.15, 0.2) is 0 Å². The molecule has 0 aromatic heterocycles. The summed E-state index contributed by atoms with van der Waals surface area (Å²) >= 11 is 0. The predicted molar refractivity (Wildman–Crippen MR) is 85.2 cm³/mol. The Hall–Kier alpha value is -1.54. The first-order valence-electron chi connectivity index (χ1n) is 8.33. The lowest BCUT2D eigenvalue weighted by atomic mass is 9.63. The molecule has 1 spiro atoms. The molecule has 3 aliphatic rings. The summed E-state index contributed by atoms with van der Waals surface area (Å²) in [5, 5.41) is 0. The third-order valence-corrected chi connectivity index (χ3v) is 6.08. The smallest absolute Gasteiger partial charge is 0.226 e.